The summed E-state index contributed by atoms with van der Waals surface area (Å²) >= 11 is 0. The molecule has 0 aliphatic carbocycles. The molecule has 1 saturated heterocycles. The van der Waals surface area contributed by atoms with Crippen molar-refractivity contribution in [1.82, 2.24) is 20.1 Å². The average Bonchev–Trinajstić information content (AvgIpc) is 3.16. The Morgan fingerprint density at radius 3 is 2.59 bits per heavy atom. The first-order valence-electron chi connectivity index (χ1n) is 10.4. The fourth-order valence-corrected chi connectivity index (χ4v) is 3.72. The molecule has 1 N–H and O–H groups in total. The zero-order valence-electron chi connectivity index (χ0n) is 16.9. The van der Waals surface area contributed by atoms with Crippen LogP contribution in [0.5, 0.6) is 0 Å². The number of amides is 1. The number of likely N-dealkylation sites (N-methyl/N-ethyl adjacent to an activating group) is 1. The molecule has 2 aromatic carbocycles. The third-order valence-corrected chi connectivity index (χ3v) is 5.52. The maximum absolute atomic E-state index is 12.5. The van der Waals surface area contributed by atoms with E-state index in [1.165, 1.54) is 0 Å². The molecule has 2 heterocycles. The normalized spacial score (nSPS) is 15.6. The summed E-state index contributed by atoms with van der Waals surface area (Å²) in [5.41, 5.74) is 3.19. The fraction of sp³-hybridized carbons (Fsp3) is 0.391. The molecule has 29 heavy (non-hydrogen) atoms. The topological polar surface area (TPSA) is 61.6 Å². The molecule has 6 heteroatoms. The first kappa shape index (κ1) is 19.6. The predicted octanol–water partition coefficient (Wildman–Crippen LogP) is 2.79. The minimum absolute atomic E-state index is 0.0693. The number of carbonyl (C=O) groups is 1. The van der Waals surface area contributed by atoms with Gasteiger partial charge in [0.15, 0.2) is 11.5 Å². The van der Waals surface area contributed by atoms with Gasteiger partial charge in [0, 0.05) is 51.3 Å². The van der Waals surface area contributed by atoms with Crippen LogP contribution in [0.25, 0.3) is 11.1 Å². The molecule has 1 fully saturated rings. The van der Waals surface area contributed by atoms with E-state index in [2.05, 4.69) is 39.2 Å². The van der Waals surface area contributed by atoms with E-state index < -0.39 is 0 Å². The summed E-state index contributed by atoms with van der Waals surface area (Å²) in [6.45, 7) is 9.20. The first-order chi connectivity index (χ1) is 14.2. The summed E-state index contributed by atoms with van der Waals surface area (Å²) in [6, 6.07) is 15.6. The summed E-state index contributed by atoms with van der Waals surface area (Å²) in [5.74, 6) is 0.593. The molecule has 6 nitrogen and oxygen atoms in total. The van der Waals surface area contributed by atoms with E-state index >= 15 is 0 Å². The van der Waals surface area contributed by atoms with Crippen LogP contribution in [0.4, 0.5) is 0 Å². The lowest BCUT2D eigenvalue weighted by Gasteiger charge is -2.33. The Kier molecular flexibility index (Phi) is 6.22. The smallest absolute Gasteiger partial charge is 0.251 e. The van der Waals surface area contributed by atoms with Crippen LogP contribution in [0, 0.1) is 0 Å². The number of carbonyl (C=O) groups excluding carboxylic acids is 1. The van der Waals surface area contributed by atoms with E-state index in [1.807, 2.05) is 30.3 Å². The molecule has 0 bridgehead atoms. The highest BCUT2D eigenvalue weighted by atomic mass is 16.3. The summed E-state index contributed by atoms with van der Waals surface area (Å²) in [5, 5.41) is 3.03. The van der Waals surface area contributed by atoms with Gasteiger partial charge in [0.2, 0.25) is 0 Å². The van der Waals surface area contributed by atoms with Crippen molar-refractivity contribution in [2.75, 3.05) is 45.8 Å². The summed E-state index contributed by atoms with van der Waals surface area (Å²) < 4.78 is 5.88. The summed E-state index contributed by atoms with van der Waals surface area (Å²) in [6.07, 6.45) is 0.641. The fourth-order valence-electron chi connectivity index (χ4n) is 3.72. The van der Waals surface area contributed by atoms with Crippen molar-refractivity contribution in [2.45, 2.75) is 13.3 Å². The second-order valence-corrected chi connectivity index (χ2v) is 7.48. The number of hydrogen-bond acceptors (Lipinski definition) is 5. The number of rotatable bonds is 7. The zero-order valence-corrected chi connectivity index (χ0v) is 16.9. The van der Waals surface area contributed by atoms with Gasteiger partial charge >= 0.3 is 0 Å². The van der Waals surface area contributed by atoms with E-state index in [9.17, 15) is 4.79 Å². The number of oxazole rings is 1. The van der Waals surface area contributed by atoms with Crippen LogP contribution in [0.1, 0.15) is 28.7 Å². The zero-order chi connectivity index (χ0) is 20.1. The van der Waals surface area contributed by atoms with Crippen LogP contribution in [-0.4, -0.2) is 66.5 Å². The average molecular weight is 393 g/mol. The van der Waals surface area contributed by atoms with Crippen molar-refractivity contribution in [3.63, 3.8) is 0 Å². The Hall–Kier alpha value is -2.70. The first-order valence-corrected chi connectivity index (χ1v) is 10.4. The van der Waals surface area contributed by atoms with Crippen molar-refractivity contribution < 1.29 is 9.21 Å². The van der Waals surface area contributed by atoms with E-state index in [0.29, 0.717) is 30.0 Å². The van der Waals surface area contributed by atoms with Crippen LogP contribution < -0.4 is 5.32 Å². The van der Waals surface area contributed by atoms with Crippen LogP contribution in [0.2, 0.25) is 0 Å². The Morgan fingerprint density at radius 1 is 1.07 bits per heavy atom. The third-order valence-electron chi connectivity index (χ3n) is 5.52. The van der Waals surface area contributed by atoms with Gasteiger partial charge < -0.3 is 14.6 Å². The van der Waals surface area contributed by atoms with Gasteiger partial charge in [-0.2, -0.15) is 0 Å². The number of nitrogens with one attached hydrogen (secondary N) is 1. The molecule has 0 spiro atoms. The van der Waals surface area contributed by atoms with Gasteiger partial charge in [0.25, 0.3) is 5.91 Å². The Labute approximate surface area is 171 Å². The summed E-state index contributed by atoms with van der Waals surface area (Å²) in [4.78, 5) is 21.9. The molecule has 0 atom stereocenters. The molecule has 3 aromatic rings. The lowest BCUT2D eigenvalue weighted by atomic mass is 10.1. The monoisotopic (exact) mass is 392 g/mol. The molecule has 1 amide bonds. The van der Waals surface area contributed by atoms with Crippen LogP contribution in [0.3, 0.4) is 0 Å². The van der Waals surface area contributed by atoms with Gasteiger partial charge in [-0.25, -0.2) is 4.98 Å². The lowest BCUT2D eigenvalue weighted by Crippen LogP contribution is -2.48. The second-order valence-electron chi connectivity index (χ2n) is 7.48. The van der Waals surface area contributed by atoms with E-state index in [1.54, 1.807) is 6.07 Å². The number of piperazine rings is 1. The SMILES string of the molecule is CCN1CCN(CCNC(=O)c2ccc3nc(Cc4ccccc4)oc3c2)CC1. The van der Waals surface area contributed by atoms with Gasteiger partial charge in [0.05, 0.1) is 0 Å². The molecule has 1 aliphatic heterocycles. The molecule has 0 radical (unpaired) electrons. The van der Waals surface area contributed by atoms with Crippen LogP contribution in [-0.2, 0) is 6.42 Å². The highest BCUT2D eigenvalue weighted by Crippen LogP contribution is 2.19. The van der Waals surface area contributed by atoms with Gasteiger partial charge in [-0.3, -0.25) is 9.69 Å². The van der Waals surface area contributed by atoms with Gasteiger partial charge in [0.1, 0.15) is 5.52 Å². The number of benzene rings is 2. The quantitative estimate of drug-likeness (QED) is 0.670. The molecular formula is C23H28N4O2. The van der Waals surface area contributed by atoms with E-state index in [-0.39, 0.29) is 5.91 Å². The maximum atomic E-state index is 12.5. The van der Waals surface area contributed by atoms with E-state index in [4.69, 9.17) is 4.42 Å². The standard InChI is InChI=1S/C23H28N4O2/c1-2-26-12-14-27(15-13-26)11-10-24-23(28)19-8-9-20-21(17-19)29-22(25-20)16-18-6-4-3-5-7-18/h3-9,17H,2,10-16H2,1H3,(H,24,28). The molecular weight excluding hydrogens is 364 g/mol. The Balaban J connectivity index is 1.32. The number of fused-ring (bicyclic) bond motifs is 1. The minimum atomic E-state index is -0.0693. The van der Waals surface area contributed by atoms with Crippen molar-refractivity contribution in [3.8, 4) is 0 Å². The van der Waals surface area contributed by atoms with Crippen LogP contribution in [0.15, 0.2) is 52.9 Å². The van der Waals surface area contributed by atoms with Crippen LogP contribution >= 0.6 is 0 Å². The molecule has 0 unspecified atom stereocenters. The number of aromatic nitrogens is 1. The minimum Gasteiger partial charge on any atom is -0.440 e. The van der Waals surface area contributed by atoms with Gasteiger partial charge in [-0.05, 0) is 30.3 Å². The van der Waals surface area contributed by atoms with Crippen molar-refractivity contribution in [3.05, 3.63) is 65.5 Å². The molecule has 1 aliphatic rings. The molecule has 152 valence electrons. The predicted molar refractivity (Wildman–Crippen MR) is 114 cm³/mol. The highest BCUT2D eigenvalue weighted by Gasteiger charge is 2.16. The number of hydrogen-bond donors (Lipinski definition) is 1. The van der Waals surface area contributed by atoms with Gasteiger partial charge in [-0.15, -0.1) is 0 Å². The Bertz CT molecular complexity index is 946. The van der Waals surface area contributed by atoms with Gasteiger partial charge in [-0.1, -0.05) is 37.3 Å². The molecule has 1 aromatic heterocycles. The third kappa shape index (κ3) is 5.02. The molecule has 0 saturated carbocycles. The Morgan fingerprint density at radius 2 is 1.83 bits per heavy atom. The van der Waals surface area contributed by atoms with Crippen molar-refractivity contribution in [1.29, 1.82) is 0 Å². The summed E-state index contributed by atoms with van der Waals surface area (Å²) in [7, 11) is 0. The highest BCUT2D eigenvalue weighted by molar-refractivity contribution is 5.97. The largest absolute Gasteiger partial charge is 0.440 e. The maximum Gasteiger partial charge on any atom is 0.251 e. The number of nitrogens with zero attached hydrogens (tertiary/aromatic N) is 3. The van der Waals surface area contributed by atoms with E-state index in [0.717, 1.165) is 50.3 Å². The lowest BCUT2D eigenvalue weighted by molar-refractivity contribution is 0.0938. The van der Waals surface area contributed by atoms with Crippen molar-refractivity contribution in [2.24, 2.45) is 0 Å². The molecule has 4 rings (SSSR count). The van der Waals surface area contributed by atoms with Crippen molar-refractivity contribution >= 4 is 17.0 Å². The second kappa shape index (κ2) is 9.20.